The van der Waals surface area contributed by atoms with Crippen molar-refractivity contribution in [1.82, 2.24) is 0 Å². The molecule has 3 nitrogen and oxygen atoms in total. The molecule has 2 N–H and O–H groups in total. The minimum Gasteiger partial charge on any atom is -0.487 e. The predicted octanol–water partition coefficient (Wildman–Crippen LogP) is 3.70. The van der Waals surface area contributed by atoms with Crippen molar-refractivity contribution in [3.63, 3.8) is 0 Å². The van der Waals surface area contributed by atoms with Gasteiger partial charge in [0.1, 0.15) is 12.4 Å². The molecule has 0 aromatic heterocycles. The van der Waals surface area contributed by atoms with Crippen LogP contribution in [-0.2, 0) is 6.61 Å². The van der Waals surface area contributed by atoms with Gasteiger partial charge >= 0.3 is 0 Å². The fourth-order valence-corrected chi connectivity index (χ4v) is 1.77. The van der Waals surface area contributed by atoms with Gasteiger partial charge in [-0.1, -0.05) is 23.7 Å². The molecular weight excluding hydrogens is 262 g/mol. The van der Waals surface area contributed by atoms with Crippen molar-refractivity contribution in [2.75, 3.05) is 5.73 Å². The standard InChI is InChI=1S/C15H14ClNO2/c1-10(18)12-4-7-15(14(17)8-12)19-9-11-2-5-13(16)6-3-11/h2-8H,9,17H2,1H3. The van der Waals surface area contributed by atoms with Crippen molar-refractivity contribution in [3.8, 4) is 5.75 Å². The van der Waals surface area contributed by atoms with Crippen molar-refractivity contribution >= 4 is 23.1 Å². The Morgan fingerprint density at radius 3 is 2.47 bits per heavy atom. The highest BCUT2D eigenvalue weighted by molar-refractivity contribution is 6.30. The molecule has 0 atom stereocenters. The normalized spacial score (nSPS) is 10.2. The first-order valence-electron chi connectivity index (χ1n) is 5.84. The van der Waals surface area contributed by atoms with E-state index in [0.29, 0.717) is 28.6 Å². The van der Waals surface area contributed by atoms with E-state index in [4.69, 9.17) is 22.1 Å². The molecule has 0 radical (unpaired) electrons. The number of ketones is 1. The van der Waals surface area contributed by atoms with Gasteiger partial charge in [0, 0.05) is 10.6 Å². The van der Waals surface area contributed by atoms with Gasteiger partial charge in [-0.2, -0.15) is 0 Å². The van der Waals surface area contributed by atoms with Gasteiger partial charge in [-0.05, 0) is 42.8 Å². The number of carbonyl (C=O) groups is 1. The molecule has 0 aliphatic rings. The van der Waals surface area contributed by atoms with Crippen LogP contribution in [0.2, 0.25) is 5.02 Å². The molecule has 0 saturated carbocycles. The molecule has 0 amide bonds. The second-order valence-electron chi connectivity index (χ2n) is 4.22. The fraction of sp³-hybridized carbons (Fsp3) is 0.133. The van der Waals surface area contributed by atoms with Gasteiger partial charge < -0.3 is 10.5 Å². The first-order valence-corrected chi connectivity index (χ1v) is 6.22. The molecule has 2 rings (SSSR count). The summed E-state index contributed by atoms with van der Waals surface area (Å²) in [5.41, 5.74) is 7.89. The Morgan fingerprint density at radius 1 is 1.21 bits per heavy atom. The van der Waals surface area contributed by atoms with Crippen molar-refractivity contribution < 1.29 is 9.53 Å². The van der Waals surface area contributed by atoms with Gasteiger partial charge in [0.25, 0.3) is 0 Å². The summed E-state index contributed by atoms with van der Waals surface area (Å²) in [7, 11) is 0. The first-order chi connectivity index (χ1) is 9.06. The highest BCUT2D eigenvalue weighted by atomic mass is 35.5. The largest absolute Gasteiger partial charge is 0.487 e. The molecule has 0 bridgehead atoms. The molecule has 0 spiro atoms. The number of rotatable bonds is 4. The average Bonchev–Trinajstić information content (AvgIpc) is 2.39. The Balaban J connectivity index is 2.07. The SMILES string of the molecule is CC(=O)c1ccc(OCc2ccc(Cl)cc2)c(N)c1. The molecule has 0 aliphatic heterocycles. The number of anilines is 1. The number of nitrogens with two attached hydrogens (primary N) is 1. The number of benzene rings is 2. The zero-order chi connectivity index (χ0) is 13.8. The molecule has 2 aromatic rings. The molecule has 19 heavy (non-hydrogen) atoms. The van der Waals surface area contributed by atoms with E-state index < -0.39 is 0 Å². The van der Waals surface area contributed by atoms with E-state index in [1.165, 1.54) is 6.92 Å². The van der Waals surface area contributed by atoms with Crippen LogP contribution in [0.4, 0.5) is 5.69 Å². The number of hydrogen-bond acceptors (Lipinski definition) is 3. The van der Waals surface area contributed by atoms with Crippen molar-refractivity contribution in [2.45, 2.75) is 13.5 Å². The highest BCUT2D eigenvalue weighted by Crippen LogP contribution is 2.24. The van der Waals surface area contributed by atoms with E-state index in [9.17, 15) is 4.79 Å². The van der Waals surface area contributed by atoms with E-state index in [-0.39, 0.29) is 5.78 Å². The van der Waals surface area contributed by atoms with E-state index in [1.54, 1.807) is 18.2 Å². The molecule has 0 fully saturated rings. The van der Waals surface area contributed by atoms with Crippen LogP contribution in [0.5, 0.6) is 5.75 Å². The quantitative estimate of drug-likeness (QED) is 0.684. The average molecular weight is 276 g/mol. The van der Waals surface area contributed by atoms with Crippen LogP contribution in [0.15, 0.2) is 42.5 Å². The molecule has 98 valence electrons. The van der Waals surface area contributed by atoms with Crippen LogP contribution in [0.3, 0.4) is 0 Å². The number of Topliss-reactive ketones (excluding diaryl/α,β-unsaturated/α-hetero) is 1. The number of carbonyl (C=O) groups excluding carboxylic acids is 1. The minimum absolute atomic E-state index is 0.0176. The smallest absolute Gasteiger partial charge is 0.159 e. The molecular formula is C15H14ClNO2. The number of hydrogen-bond donors (Lipinski definition) is 1. The zero-order valence-corrected chi connectivity index (χ0v) is 11.3. The first kappa shape index (κ1) is 13.4. The highest BCUT2D eigenvalue weighted by Gasteiger charge is 2.05. The summed E-state index contributed by atoms with van der Waals surface area (Å²) in [6.07, 6.45) is 0. The predicted molar refractivity (Wildman–Crippen MR) is 76.6 cm³/mol. The molecule has 0 unspecified atom stereocenters. The minimum atomic E-state index is -0.0176. The van der Waals surface area contributed by atoms with Crippen molar-refractivity contribution in [1.29, 1.82) is 0 Å². The maximum absolute atomic E-state index is 11.2. The summed E-state index contributed by atoms with van der Waals surface area (Å²) in [5, 5.41) is 0.689. The summed E-state index contributed by atoms with van der Waals surface area (Å²) in [4.78, 5) is 11.2. The van der Waals surface area contributed by atoms with Gasteiger partial charge in [0.2, 0.25) is 0 Å². The lowest BCUT2D eigenvalue weighted by molar-refractivity contribution is 0.101. The van der Waals surface area contributed by atoms with Crippen LogP contribution < -0.4 is 10.5 Å². The monoisotopic (exact) mass is 275 g/mol. The summed E-state index contributed by atoms with van der Waals surface area (Å²) < 4.78 is 5.62. The lowest BCUT2D eigenvalue weighted by Crippen LogP contribution is -2.01. The van der Waals surface area contributed by atoms with E-state index >= 15 is 0 Å². The Bertz CT molecular complexity index is 594. The number of halogens is 1. The third-order valence-corrected chi connectivity index (χ3v) is 2.98. The summed E-state index contributed by atoms with van der Waals surface area (Å²) in [6, 6.07) is 12.4. The second-order valence-corrected chi connectivity index (χ2v) is 4.66. The van der Waals surface area contributed by atoms with Gasteiger partial charge in [-0.25, -0.2) is 0 Å². The van der Waals surface area contributed by atoms with Crippen LogP contribution in [0.1, 0.15) is 22.8 Å². The van der Waals surface area contributed by atoms with E-state index in [2.05, 4.69) is 0 Å². The third-order valence-electron chi connectivity index (χ3n) is 2.72. The van der Waals surface area contributed by atoms with Gasteiger partial charge in [0.05, 0.1) is 5.69 Å². The molecule has 0 saturated heterocycles. The lowest BCUT2D eigenvalue weighted by Gasteiger charge is -2.09. The summed E-state index contributed by atoms with van der Waals surface area (Å²) in [6.45, 7) is 1.91. The Labute approximate surface area is 117 Å². The molecule has 0 heterocycles. The van der Waals surface area contributed by atoms with E-state index in [0.717, 1.165) is 5.56 Å². The number of ether oxygens (including phenoxy) is 1. The topological polar surface area (TPSA) is 52.3 Å². The molecule has 2 aromatic carbocycles. The zero-order valence-electron chi connectivity index (χ0n) is 10.5. The summed E-state index contributed by atoms with van der Waals surface area (Å²) >= 11 is 5.81. The number of nitrogen functional groups attached to an aromatic ring is 1. The van der Waals surface area contributed by atoms with Crippen molar-refractivity contribution in [3.05, 3.63) is 58.6 Å². The van der Waals surface area contributed by atoms with Crippen LogP contribution in [0, 0.1) is 0 Å². The Morgan fingerprint density at radius 2 is 1.89 bits per heavy atom. The Kier molecular flexibility index (Phi) is 4.07. The van der Waals surface area contributed by atoms with Gasteiger partial charge in [-0.15, -0.1) is 0 Å². The van der Waals surface area contributed by atoms with Crippen molar-refractivity contribution in [2.24, 2.45) is 0 Å². The third kappa shape index (κ3) is 3.48. The van der Waals surface area contributed by atoms with Crippen LogP contribution in [0.25, 0.3) is 0 Å². The fourth-order valence-electron chi connectivity index (χ4n) is 1.64. The maximum atomic E-state index is 11.2. The second kappa shape index (κ2) is 5.76. The van der Waals surface area contributed by atoms with Crippen LogP contribution >= 0.6 is 11.6 Å². The lowest BCUT2D eigenvalue weighted by atomic mass is 10.1. The summed E-state index contributed by atoms with van der Waals surface area (Å²) in [5.74, 6) is 0.552. The van der Waals surface area contributed by atoms with Gasteiger partial charge in [0.15, 0.2) is 5.78 Å². The van der Waals surface area contributed by atoms with Crippen LogP contribution in [-0.4, -0.2) is 5.78 Å². The van der Waals surface area contributed by atoms with E-state index in [1.807, 2.05) is 24.3 Å². The van der Waals surface area contributed by atoms with Gasteiger partial charge in [-0.3, -0.25) is 4.79 Å². The maximum Gasteiger partial charge on any atom is 0.159 e. The molecule has 4 heteroatoms. The molecule has 0 aliphatic carbocycles. The Hall–Kier alpha value is -2.00.